The number of phenols is 2. The van der Waals surface area contributed by atoms with Crippen molar-refractivity contribution in [3.63, 3.8) is 0 Å². The highest BCUT2D eigenvalue weighted by Crippen LogP contribution is 2.57. The van der Waals surface area contributed by atoms with Gasteiger partial charge in [0.15, 0.2) is 5.60 Å². The minimum absolute atomic E-state index is 0.0352. The van der Waals surface area contributed by atoms with Gasteiger partial charge >= 0.3 is 11.9 Å². The van der Waals surface area contributed by atoms with Crippen LogP contribution in [0.25, 0.3) is 0 Å². The molecule has 1 spiro atoms. The van der Waals surface area contributed by atoms with E-state index in [2.05, 4.69) is 5.32 Å². The fourth-order valence-electron chi connectivity index (χ4n) is 4.73. The van der Waals surface area contributed by atoms with Gasteiger partial charge in [-0.15, -0.1) is 0 Å². The van der Waals surface area contributed by atoms with Gasteiger partial charge in [0.1, 0.15) is 23.0 Å². The van der Waals surface area contributed by atoms with Crippen molar-refractivity contribution < 1.29 is 39.2 Å². The summed E-state index contributed by atoms with van der Waals surface area (Å²) in [5.74, 6) is -1.33. The average molecular weight is 489 g/mol. The molecule has 184 valence electrons. The van der Waals surface area contributed by atoms with E-state index in [0.717, 1.165) is 0 Å². The van der Waals surface area contributed by atoms with E-state index in [4.69, 9.17) is 14.6 Å². The Morgan fingerprint density at radius 3 is 2.11 bits per heavy atom. The Kier molecular flexibility index (Phi) is 5.75. The molecule has 3 aromatic carbocycles. The molecule has 0 aromatic heterocycles. The molecule has 36 heavy (non-hydrogen) atoms. The average Bonchev–Trinajstić information content (AvgIpc) is 3.12. The van der Waals surface area contributed by atoms with Gasteiger partial charge in [-0.2, -0.15) is 0 Å². The number of amides is 1. The first-order valence-corrected chi connectivity index (χ1v) is 11.5. The van der Waals surface area contributed by atoms with E-state index in [9.17, 15) is 24.6 Å². The quantitative estimate of drug-likeness (QED) is 0.288. The van der Waals surface area contributed by atoms with Crippen molar-refractivity contribution in [1.29, 1.82) is 0 Å². The Morgan fingerprint density at radius 2 is 1.47 bits per heavy atom. The third-order valence-corrected chi connectivity index (χ3v) is 6.39. The van der Waals surface area contributed by atoms with E-state index in [1.54, 1.807) is 24.3 Å². The van der Waals surface area contributed by atoms with Gasteiger partial charge < -0.3 is 30.1 Å². The van der Waals surface area contributed by atoms with Gasteiger partial charge in [0.2, 0.25) is 0 Å². The maximum absolute atomic E-state index is 13.1. The smallest absolute Gasteiger partial charge is 0.340 e. The number of carbonyl (C=O) groups excluding carboxylic acids is 2. The molecule has 5 rings (SSSR count). The van der Waals surface area contributed by atoms with Crippen LogP contribution in [-0.2, 0) is 15.1 Å². The molecule has 0 atom stereocenters. The summed E-state index contributed by atoms with van der Waals surface area (Å²) in [6.45, 7) is 0.384. The summed E-state index contributed by atoms with van der Waals surface area (Å²) in [5, 5.41) is 31.5. The first kappa shape index (κ1) is 23.2. The molecule has 0 bridgehead atoms. The molecule has 0 unspecified atom stereocenters. The number of fused-ring (bicyclic) bond motifs is 6. The minimum Gasteiger partial charge on any atom is -0.508 e. The fraction of sp³-hybridized carbons (Fsp3) is 0.222. The van der Waals surface area contributed by atoms with E-state index in [-0.39, 0.29) is 46.5 Å². The third-order valence-electron chi connectivity index (χ3n) is 6.39. The van der Waals surface area contributed by atoms with Crippen LogP contribution in [0.4, 0.5) is 0 Å². The Hall–Kier alpha value is -4.53. The van der Waals surface area contributed by atoms with Gasteiger partial charge in [0, 0.05) is 47.4 Å². The van der Waals surface area contributed by atoms with Crippen LogP contribution in [0.3, 0.4) is 0 Å². The lowest BCUT2D eigenvalue weighted by molar-refractivity contribution is -0.137. The van der Waals surface area contributed by atoms with E-state index < -0.39 is 17.5 Å². The van der Waals surface area contributed by atoms with Gasteiger partial charge in [-0.3, -0.25) is 9.59 Å². The van der Waals surface area contributed by atoms with Gasteiger partial charge in [-0.1, -0.05) is 12.5 Å². The number of carboxylic acids is 1. The van der Waals surface area contributed by atoms with Crippen molar-refractivity contribution in [2.45, 2.75) is 31.3 Å². The summed E-state index contributed by atoms with van der Waals surface area (Å²) in [7, 11) is 0. The van der Waals surface area contributed by atoms with Crippen LogP contribution in [0.2, 0.25) is 0 Å². The molecule has 2 aliphatic heterocycles. The standard InChI is InChI=1S/C27H23NO8/c29-16-6-9-20-22(13-16)35-23-14-17(30)7-10-21(23)27(20)19-8-5-15(12-18(19)26(34)36-27)25(33)28-11-3-1-2-4-24(31)32/h5-10,12-14,29-30H,1-4,11H2,(H,28,33)(H,31,32). The first-order valence-electron chi connectivity index (χ1n) is 11.5. The van der Waals surface area contributed by atoms with Crippen LogP contribution in [-0.4, -0.2) is 39.7 Å². The second-order valence-corrected chi connectivity index (χ2v) is 8.75. The predicted octanol–water partition coefficient (Wildman–Crippen LogP) is 4.04. The molecule has 0 fully saturated rings. The molecule has 9 heteroatoms. The van der Waals surface area contributed by atoms with E-state index in [1.807, 2.05) is 0 Å². The van der Waals surface area contributed by atoms with Crippen molar-refractivity contribution in [3.05, 3.63) is 82.4 Å². The number of hydrogen-bond donors (Lipinski definition) is 4. The molecule has 2 heterocycles. The zero-order chi connectivity index (χ0) is 25.4. The first-order chi connectivity index (χ1) is 17.3. The Morgan fingerprint density at radius 1 is 0.833 bits per heavy atom. The SMILES string of the molecule is O=C(O)CCCCCNC(=O)c1ccc2c(c1)C(=O)OC21c2ccc(O)cc2Oc2cc(O)ccc21. The number of benzene rings is 3. The second kappa shape index (κ2) is 8.92. The molecule has 3 aromatic rings. The third kappa shape index (κ3) is 3.88. The van der Waals surface area contributed by atoms with Crippen LogP contribution in [0.15, 0.2) is 54.6 Å². The zero-order valence-corrected chi connectivity index (χ0v) is 19.1. The summed E-state index contributed by atoms with van der Waals surface area (Å²) in [6.07, 6.45) is 1.96. The van der Waals surface area contributed by atoms with Crippen molar-refractivity contribution >= 4 is 17.8 Å². The molecule has 2 aliphatic rings. The van der Waals surface area contributed by atoms with Crippen molar-refractivity contribution in [2.24, 2.45) is 0 Å². The molecule has 0 aliphatic carbocycles. The molecule has 0 saturated heterocycles. The molecular formula is C27H23NO8. The molecule has 0 saturated carbocycles. The highest BCUT2D eigenvalue weighted by Gasteiger charge is 2.53. The summed E-state index contributed by atoms with van der Waals surface area (Å²) in [5.41, 5.74) is 0.657. The van der Waals surface area contributed by atoms with Crippen molar-refractivity contribution in [1.82, 2.24) is 5.32 Å². The van der Waals surface area contributed by atoms with Gasteiger partial charge in [-0.25, -0.2) is 4.79 Å². The predicted molar refractivity (Wildman–Crippen MR) is 126 cm³/mol. The summed E-state index contributed by atoms with van der Waals surface area (Å²) in [4.78, 5) is 36.4. The number of aromatic hydroxyl groups is 2. The molecule has 0 radical (unpaired) electrons. The van der Waals surface area contributed by atoms with Crippen molar-refractivity contribution in [2.75, 3.05) is 6.54 Å². The van der Waals surface area contributed by atoms with Crippen LogP contribution in [0.1, 0.15) is 63.1 Å². The number of aliphatic carboxylic acids is 1. The number of phenolic OH excluding ortho intramolecular Hbond substituents is 2. The lowest BCUT2D eigenvalue weighted by atomic mass is 9.77. The van der Waals surface area contributed by atoms with Crippen LogP contribution >= 0.6 is 0 Å². The van der Waals surface area contributed by atoms with E-state index >= 15 is 0 Å². The lowest BCUT2D eigenvalue weighted by Gasteiger charge is -2.36. The van der Waals surface area contributed by atoms with E-state index in [0.29, 0.717) is 42.5 Å². The number of carbonyl (C=O) groups is 3. The number of esters is 1. The van der Waals surface area contributed by atoms with Crippen LogP contribution < -0.4 is 10.1 Å². The van der Waals surface area contributed by atoms with Crippen LogP contribution in [0.5, 0.6) is 23.0 Å². The Balaban J connectivity index is 1.47. The summed E-state index contributed by atoms with van der Waals surface area (Å²) in [6, 6.07) is 13.8. The van der Waals surface area contributed by atoms with Crippen LogP contribution in [0, 0.1) is 0 Å². The molecular weight excluding hydrogens is 466 g/mol. The topological polar surface area (TPSA) is 142 Å². The van der Waals surface area contributed by atoms with Gasteiger partial charge in [-0.05, 0) is 49.2 Å². The molecule has 1 amide bonds. The number of hydrogen-bond acceptors (Lipinski definition) is 7. The number of nitrogens with one attached hydrogen (secondary N) is 1. The minimum atomic E-state index is -1.38. The molecule has 9 nitrogen and oxygen atoms in total. The van der Waals surface area contributed by atoms with Gasteiger partial charge in [0.25, 0.3) is 5.91 Å². The number of unbranched alkanes of at least 4 members (excludes halogenated alkanes) is 2. The number of ether oxygens (including phenoxy) is 2. The normalized spacial score (nSPS) is 14.3. The second-order valence-electron chi connectivity index (χ2n) is 8.75. The monoisotopic (exact) mass is 489 g/mol. The lowest BCUT2D eigenvalue weighted by Crippen LogP contribution is -2.33. The summed E-state index contributed by atoms with van der Waals surface area (Å²) >= 11 is 0. The number of rotatable bonds is 7. The maximum Gasteiger partial charge on any atom is 0.340 e. The Bertz CT molecular complexity index is 1350. The fourth-order valence-corrected chi connectivity index (χ4v) is 4.73. The highest BCUT2D eigenvalue weighted by atomic mass is 16.6. The maximum atomic E-state index is 13.1. The number of carboxylic acid groups (broad SMARTS) is 1. The summed E-state index contributed by atoms with van der Waals surface area (Å²) < 4.78 is 11.9. The zero-order valence-electron chi connectivity index (χ0n) is 19.1. The molecule has 4 N–H and O–H groups in total. The Labute approximate surface area is 205 Å². The highest BCUT2D eigenvalue weighted by molar-refractivity contribution is 6.01. The van der Waals surface area contributed by atoms with E-state index in [1.165, 1.54) is 30.3 Å². The largest absolute Gasteiger partial charge is 0.508 e. The van der Waals surface area contributed by atoms with Gasteiger partial charge in [0.05, 0.1) is 5.56 Å². The van der Waals surface area contributed by atoms with Crippen molar-refractivity contribution in [3.8, 4) is 23.0 Å².